The second-order valence-electron chi connectivity index (χ2n) is 2.74. The molecule has 0 amide bonds. The third kappa shape index (κ3) is 2.99. The maximum atomic E-state index is 10.6. The van der Waals surface area contributed by atoms with Crippen LogP contribution < -0.4 is 5.32 Å². The van der Waals surface area contributed by atoms with Crippen LogP contribution in [0.2, 0.25) is 0 Å². The van der Waals surface area contributed by atoms with E-state index in [0.29, 0.717) is 18.8 Å². The molecule has 0 saturated heterocycles. The standard InChI is InChI=1S/C10H12N2O2/c1-2-6-11-7-8-4-3-5-9(12-8)10(13)14/h2-5,11H,1,6-7H2,(H,13,14). The molecule has 0 atom stereocenters. The smallest absolute Gasteiger partial charge is 0.354 e. The van der Waals surface area contributed by atoms with Gasteiger partial charge in [-0.3, -0.25) is 0 Å². The van der Waals surface area contributed by atoms with Gasteiger partial charge in [-0.1, -0.05) is 12.1 Å². The highest BCUT2D eigenvalue weighted by Gasteiger charge is 2.03. The fraction of sp³-hybridized carbons (Fsp3) is 0.200. The second kappa shape index (κ2) is 5.14. The molecule has 0 aliphatic rings. The van der Waals surface area contributed by atoms with Crippen molar-refractivity contribution >= 4 is 5.97 Å². The number of hydrogen-bond acceptors (Lipinski definition) is 3. The van der Waals surface area contributed by atoms with Crippen molar-refractivity contribution in [2.45, 2.75) is 6.54 Å². The van der Waals surface area contributed by atoms with Crippen LogP contribution in [0.1, 0.15) is 16.2 Å². The third-order valence-electron chi connectivity index (χ3n) is 1.62. The molecule has 1 aromatic heterocycles. The number of rotatable bonds is 5. The Labute approximate surface area is 82.3 Å². The molecule has 0 radical (unpaired) electrons. The summed E-state index contributed by atoms with van der Waals surface area (Å²) in [5.41, 5.74) is 0.787. The van der Waals surface area contributed by atoms with E-state index < -0.39 is 5.97 Å². The molecule has 0 saturated carbocycles. The number of carboxylic acids is 1. The molecular formula is C10H12N2O2. The minimum Gasteiger partial charge on any atom is -0.477 e. The Kier molecular flexibility index (Phi) is 3.82. The molecule has 0 bridgehead atoms. The van der Waals surface area contributed by atoms with Crippen LogP contribution in [0.5, 0.6) is 0 Å². The molecule has 1 rings (SSSR count). The van der Waals surface area contributed by atoms with Crippen molar-refractivity contribution in [3.05, 3.63) is 42.2 Å². The Morgan fingerprint density at radius 1 is 1.64 bits per heavy atom. The fourth-order valence-electron chi connectivity index (χ4n) is 0.999. The Balaban J connectivity index is 2.63. The average Bonchev–Trinajstić information content (AvgIpc) is 2.19. The number of carboxylic acid groups (broad SMARTS) is 1. The maximum Gasteiger partial charge on any atom is 0.354 e. The van der Waals surface area contributed by atoms with Crippen LogP contribution in [0.15, 0.2) is 30.9 Å². The molecule has 2 N–H and O–H groups in total. The van der Waals surface area contributed by atoms with Crippen LogP contribution in [0, 0.1) is 0 Å². The summed E-state index contributed by atoms with van der Waals surface area (Å²) in [4.78, 5) is 14.5. The summed E-state index contributed by atoms with van der Waals surface area (Å²) >= 11 is 0. The van der Waals surface area contributed by atoms with Crippen LogP contribution in [0.3, 0.4) is 0 Å². The molecule has 0 aliphatic heterocycles. The van der Waals surface area contributed by atoms with Gasteiger partial charge in [-0.2, -0.15) is 0 Å². The SMILES string of the molecule is C=CCNCc1cccc(C(=O)O)n1. The monoisotopic (exact) mass is 192 g/mol. The highest BCUT2D eigenvalue weighted by molar-refractivity contribution is 5.85. The molecule has 4 nitrogen and oxygen atoms in total. The summed E-state index contributed by atoms with van der Waals surface area (Å²) < 4.78 is 0. The number of carbonyl (C=O) groups is 1. The Morgan fingerprint density at radius 2 is 2.43 bits per heavy atom. The van der Waals surface area contributed by atoms with Gasteiger partial charge in [0.25, 0.3) is 0 Å². The van der Waals surface area contributed by atoms with Gasteiger partial charge in [-0.15, -0.1) is 6.58 Å². The highest BCUT2D eigenvalue weighted by Crippen LogP contribution is 1.98. The van der Waals surface area contributed by atoms with Crippen LogP contribution in [0.4, 0.5) is 0 Å². The number of aromatic nitrogens is 1. The predicted octanol–water partition coefficient (Wildman–Crippen LogP) is 1.06. The van der Waals surface area contributed by atoms with Gasteiger partial charge in [0.2, 0.25) is 0 Å². The Hall–Kier alpha value is -1.68. The molecule has 0 aliphatic carbocycles. The summed E-state index contributed by atoms with van der Waals surface area (Å²) in [5.74, 6) is -1.00. The van der Waals surface area contributed by atoms with Gasteiger partial charge in [0.05, 0.1) is 5.69 Å². The van der Waals surface area contributed by atoms with Crippen LogP contribution in [-0.4, -0.2) is 22.6 Å². The first-order chi connectivity index (χ1) is 6.74. The van der Waals surface area contributed by atoms with Gasteiger partial charge in [-0.05, 0) is 12.1 Å². The summed E-state index contributed by atoms with van der Waals surface area (Å²) in [7, 11) is 0. The third-order valence-corrected chi connectivity index (χ3v) is 1.62. The van der Waals surface area contributed by atoms with Gasteiger partial charge in [-0.25, -0.2) is 9.78 Å². The van der Waals surface area contributed by atoms with E-state index in [1.165, 1.54) is 6.07 Å². The van der Waals surface area contributed by atoms with E-state index in [4.69, 9.17) is 5.11 Å². The quantitative estimate of drug-likeness (QED) is 0.541. The lowest BCUT2D eigenvalue weighted by Gasteiger charge is -2.01. The zero-order chi connectivity index (χ0) is 10.4. The normalized spacial score (nSPS) is 9.71. The van der Waals surface area contributed by atoms with E-state index >= 15 is 0 Å². The van der Waals surface area contributed by atoms with Gasteiger partial charge in [0, 0.05) is 13.1 Å². The molecule has 0 fully saturated rings. The van der Waals surface area contributed by atoms with E-state index in [9.17, 15) is 4.79 Å². The fourth-order valence-corrected chi connectivity index (χ4v) is 0.999. The lowest BCUT2D eigenvalue weighted by Crippen LogP contribution is -2.14. The van der Waals surface area contributed by atoms with E-state index in [2.05, 4.69) is 16.9 Å². The number of pyridine rings is 1. The molecule has 4 heteroatoms. The van der Waals surface area contributed by atoms with Crippen molar-refractivity contribution in [3.63, 3.8) is 0 Å². The minimum absolute atomic E-state index is 0.0721. The van der Waals surface area contributed by atoms with Crippen molar-refractivity contribution in [2.75, 3.05) is 6.54 Å². The molecular weight excluding hydrogens is 180 g/mol. The largest absolute Gasteiger partial charge is 0.477 e. The summed E-state index contributed by atoms with van der Waals surface area (Å²) in [6.07, 6.45) is 1.74. The van der Waals surface area contributed by atoms with Crippen molar-refractivity contribution in [2.24, 2.45) is 0 Å². The summed E-state index contributed by atoms with van der Waals surface area (Å²) in [6.45, 7) is 4.79. The molecule has 74 valence electrons. The first-order valence-corrected chi connectivity index (χ1v) is 4.25. The van der Waals surface area contributed by atoms with E-state index in [1.807, 2.05) is 0 Å². The molecule has 14 heavy (non-hydrogen) atoms. The lowest BCUT2D eigenvalue weighted by molar-refractivity contribution is 0.0690. The number of nitrogens with one attached hydrogen (secondary N) is 1. The molecule has 0 unspecified atom stereocenters. The zero-order valence-electron chi connectivity index (χ0n) is 7.73. The van der Waals surface area contributed by atoms with Crippen molar-refractivity contribution < 1.29 is 9.90 Å². The summed E-state index contributed by atoms with van der Waals surface area (Å²) in [5, 5.41) is 11.7. The van der Waals surface area contributed by atoms with Crippen LogP contribution >= 0.6 is 0 Å². The van der Waals surface area contributed by atoms with Crippen molar-refractivity contribution in [1.29, 1.82) is 0 Å². The average molecular weight is 192 g/mol. The molecule has 1 aromatic rings. The van der Waals surface area contributed by atoms with E-state index in [1.54, 1.807) is 18.2 Å². The predicted molar refractivity (Wildman–Crippen MR) is 53.1 cm³/mol. The lowest BCUT2D eigenvalue weighted by atomic mass is 10.3. The Bertz CT molecular complexity index is 337. The van der Waals surface area contributed by atoms with Crippen molar-refractivity contribution in [3.8, 4) is 0 Å². The Morgan fingerprint density at radius 3 is 3.07 bits per heavy atom. The van der Waals surface area contributed by atoms with Gasteiger partial charge in [0.15, 0.2) is 0 Å². The van der Waals surface area contributed by atoms with Gasteiger partial charge in [0.1, 0.15) is 5.69 Å². The van der Waals surface area contributed by atoms with Gasteiger partial charge >= 0.3 is 5.97 Å². The molecule has 0 spiro atoms. The first-order valence-electron chi connectivity index (χ1n) is 4.25. The number of aromatic carboxylic acids is 1. The van der Waals surface area contributed by atoms with E-state index in [-0.39, 0.29) is 5.69 Å². The zero-order valence-corrected chi connectivity index (χ0v) is 7.73. The molecule has 0 aromatic carbocycles. The first kappa shape index (κ1) is 10.4. The topological polar surface area (TPSA) is 62.2 Å². The maximum absolute atomic E-state index is 10.6. The van der Waals surface area contributed by atoms with Gasteiger partial charge < -0.3 is 10.4 Å². The highest BCUT2D eigenvalue weighted by atomic mass is 16.4. The van der Waals surface area contributed by atoms with Crippen LogP contribution in [0.25, 0.3) is 0 Å². The van der Waals surface area contributed by atoms with E-state index in [0.717, 1.165) is 0 Å². The summed E-state index contributed by atoms with van der Waals surface area (Å²) in [6, 6.07) is 4.93. The van der Waals surface area contributed by atoms with Crippen molar-refractivity contribution in [1.82, 2.24) is 10.3 Å². The number of nitrogens with zero attached hydrogens (tertiary/aromatic N) is 1. The minimum atomic E-state index is -1.00. The molecule has 1 heterocycles. The number of hydrogen-bond donors (Lipinski definition) is 2. The second-order valence-corrected chi connectivity index (χ2v) is 2.74. The van der Waals surface area contributed by atoms with Crippen LogP contribution in [-0.2, 0) is 6.54 Å².